The Hall–Kier alpha value is -0.620. The third-order valence-electron chi connectivity index (χ3n) is 2.69. The van der Waals surface area contributed by atoms with Crippen molar-refractivity contribution in [1.29, 1.82) is 0 Å². The van der Waals surface area contributed by atoms with Crippen LogP contribution in [-0.2, 0) is 4.79 Å². The van der Waals surface area contributed by atoms with Crippen LogP contribution >= 0.6 is 24.0 Å². The van der Waals surface area contributed by atoms with Crippen LogP contribution in [0.25, 0.3) is 0 Å². The molecule has 6 heteroatoms. The Morgan fingerprint density at radius 3 is 2.80 bits per heavy atom. The zero-order valence-corrected chi connectivity index (χ0v) is 9.80. The number of carbonyl (C=O) groups excluding carboxylic acids is 1. The van der Waals surface area contributed by atoms with E-state index < -0.39 is 0 Å². The van der Waals surface area contributed by atoms with Crippen molar-refractivity contribution in [3.05, 3.63) is 5.01 Å². The monoisotopic (exact) mass is 241 g/mol. The number of nitrogens with zero attached hydrogens (tertiary/aromatic N) is 3. The highest BCUT2D eigenvalue weighted by atomic mass is 32.1. The Morgan fingerprint density at radius 1 is 1.40 bits per heavy atom. The molecule has 0 aromatic carbocycles. The SMILES string of the molecule is O=C1CC(S)CN1c1nnc(C2CC2)s1. The van der Waals surface area contributed by atoms with Crippen LogP contribution in [0.2, 0.25) is 0 Å². The highest BCUT2D eigenvalue weighted by molar-refractivity contribution is 7.81. The van der Waals surface area contributed by atoms with Crippen molar-refractivity contribution in [2.45, 2.75) is 30.4 Å². The van der Waals surface area contributed by atoms with Gasteiger partial charge in [0.25, 0.3) is 0 Å². The average molecular weight is 241 g/mol. The number of hydrogen-bond donors (Lipinski definition) is 1. The number of rotatable bonds is 2. The van der Waals surface area contributed by atoms with E-state index in [1.54, 1.807) is 16.2 Å². The van der Waals surface area contributed by atoms with Gasteiger partial charge in [-0.2, -0.15) is 12.6 Å². The number of amides is 1. The minimum Gasteiger partial charge on any atom is -0.286 e. The van der Waals surface area contributed by atoms with Gasteiger partial charge in [-0.3, -0.25) is 9.69 Å². The molecular formula is C9H11N3OS2. The summed E-state index contributed by atoms with van der Waals surface area (Å²) in [5.41, 5.74) is 0. The first-order valence-corrected chi connectivity index (χ1v) is 6.39. The third-order valence-corrected chi connectivity index (χ3v) is 4.15. The standard InChI is InChI=1S/C9H11N3OS2/c13-7-3-6(14)4-12(7)9-11-10-8(15-9)5-1-2-5/h5-6,14H,1-4H2. The van der Waals surface area contributed by atoms with Gasteiger partial charge in [0.15, 0.2) is 0 Å². The summed E-state index contributed by atoms with van der Waals surface area (Å²) in [4.78, 5) is 13.3. The molecule has 1 aliphatic heterocycles. The lowest BCUT2D eigenvalue weighted by atomic mass is 10.4. The lowest BCUT2D eigenvalue weighted by Crippen LogP contribution is -2.24. The molecule has 80 valence electrons. The Kier molecular flexibility index (Phi) is 2.21. The molecule has 1 unspecified atom stereocenters. The van der Waals surface area contributed by atoms with E-state index in [9.17, 15) is 4.79 Å². The minimum absolute atomic E-state index is 0.119. The molecule has 0 N–H and O–H groups in total. The second kappa shape index (κ2) is 3.45. The van der Waals surface area contributed by atoms with Gasteiger partial charge >= 0.3 is 0 Å². The second-order valence-corrected chi connectivity index (χ2v) is 5.78. The smallest absolute Gasteiger partial charge is 0.230 e. The molecule has 3 rings (SSSR count). The average Bonchev–Trinajstić information content (AvgIpc) is 2.83. The summed E-state index contributed by atoms with van der Waals surface area (Å²) in [6.07, 6.45) is 2.96. The maximum absolute atomic E-state index is 11.6. The van der Waals surface area contributed by atoms with Crippen LogP contribution in [0.1, 0.15) is 30.2 Å². The van der Waals surface area contributed by atoms with Crippen LogP contribution in [0.5, 0.6) is 0 Å². The summed E-state index contributed by atoms with van der Waals surface area (Å²) in [6.45, 7) is 0.668. The van der Waals surface area contributed by atoms with Crippen molar-refractivity contribution >= 4 is 35.0 Å². The first kappa shape index (κ1) is 9.59. The summed E-state index contributed by atoms with van der Waals surface area (Å²) in [5, 5.41) is 10.2. The highest BCUT2D eigenvalue weighted by Gasteiger charge is 2.33. The van der Waals surface area contributed by atoms with Crippen molar-refractivity contribution < 1.29 is 4.79 Å². The van der Waals surface area contributed by atoms with Gasteiger partial charge in [-0.05, 0) is 12.8 Å². The molecule has 1 aliphatic carbocycles. The van der Waals surface area contributed by atoms with Gasteiger partial charge < -0.3 is 0 Å². The molecular weight excluding hydrogens is 230 g/mol. The lowest BCUT2D eigenvalue weighted by molar-refractivity contribution is -0.117. The molecule has 1 aromatic heterocycles. The predicted octanol–water partition coefficient (Wildman–Crippen LogP) is 1.45. The second-order valence-electron chi connectivity index (χ2n) is 4.06. The van der Waals surface area contributed by atoms with E-state index in [2.05, 4.69) is 22.8 Å². The van der Waals surface area contributed by atoms with Crippen molar-refractivity contribution in [2.24, 2.45) is 0 Å². The Bertz CT molecular complexity index is 402. The number of anilines is 1. The van der Waals surface area contributed by atoms with Gasteiger partial charge in [0.2, 0.25) is 11.0 Å². The molecule has 2 aliphatic rings. The summed E-state index contributed by atoms with van der Waals surface area (Å²) >= 11 is 5.87. The normalized spacial score (nSPS) is 26.3. The molecule has 0 radical (unpaired) electrons. The molecule has 1 saturated heterocycles. The molecule has 0 bridgehead atoms. The van der Waals surface area contributed by atoms with E-state index in [4.69, 9.17) is 0 Å². The Morgan fingerprint density at radius 2 is 2.20 bits per heavy atom. The maximum Gasteiger partial charge on any atom is 0.230 e. The molecule has 2 fully saturated rings. The Balaban J connectivity index is 1.82. The first-order valence-electron chi connectivity index (χ1n) is 5.06. The fourth-order valence-corrected chi connectivity index (χ4v) is 3.06. The zero-order valence-electron chi connectivity index (χ0n) is 8.09. The van der Waals surface area contributed by atoms with Gasteiger partial charge in [0.1, 0.15) is 5.01 Å². The van der Waals surface area contributed by atoms with E-state index in [1.165, 1.54) is 12.8 Å². The quantitative estimate of drug-likeness (QED) is 0.797. The first-order chi connectivity index (χ1) is 7.24. The maximum atomic E-state index is 11.6. The number of aromatic nitrogens is 2. The third kappa shape index (κ3) is 1.76. The summed E-state index contributed by atoms with van der Waals surface area (Å²) < 4.78 is 0. The van der Waals surface area contributed by atoms with Gasteiger partial charge in [-0.15, -0.1) is 10.2 Å². The van der Waals surface area contributed by atoms with Gasteiger partial charge in [-0.1, -0.05) is 11.3 Å². The zero-order chi connectivity index (χ0) is 10.4. The Labute approximate surface area is 97.1 Å². The largest absolute Gasteiger partial charge is 0.286 e. The van der Waals surface area contributed by atoms with Gasteiger partial charge in [0, 0.05) is 24.1 Å². The molecule has 1 atom stereocenters. The van der Waals surface area contributed by atoms with Crippen molar-refractivity contribution in [1.82, 2.24) is 10.2 Å². The fraction of sp³-hybridized carbons (Fsp3) is 0.667. The van der Waals surface area contributed by atoms with Gasteiger partial charge in [-0.25, -0.2) is 0 Å². The van der Waals surface area contributed by atoms with Crippen LogP contribution in [-0.4, -0.2) is 27.9 Å². The van der Waals surface area contributed by atoms with Crippen molar-refractivity contribution in [3.63, 3.8) is 0 Å². The minimum atomic E-state index is 0.119. The van der Waals surface area contributed by atoms with Crippen molar-refractivity contribution in [3.8, 4) is 0 Å². The number of thiol groups is 1. The highest BCUT2D eigenvalue weighted by Crippen LogP contribution is 2.43. The van der Waals surface area contributed by atoms with Crippen LogP contribution < -0.4 is 4.90 Å². The topological polar surface area (TPSA) is 46.1 Å². The predicted molar refractivity (Wildman–Crippen MR) is 61.6 cm³/mol. The van der Waals surface area contributed by atoms with E-state index in [0.29, 0.717) is 18.9 Å². The van der Waals surface area contributed by atoms with Crippen molar-refractivity contribution in [2.75, 3.05) is 11.4 Å². The van der Waals surface area contributed by atoms with Gasteiger partial charge in [0.05, 0.1) is 0 Å². The summed E-state index contributed by atoms with van der Waals surface area (Å²) in [6, 6.07) is 0. The molecule has 15 heavy (non-hydrogen) atoms. The van der Waals surface area contributed by atoms with Crippen LogP contribution in [0.15, 0.2) is 0 Å². The van der Waals surface area contributed by atoms with Crippen LogP contribution in [0, 0.1) is 0 Å². The van der Waals surface area contributed by atoms with Crippen LogP contribution in [0.4, 0.5) is 5.13 Å². The molecule has 1 amide bonds. The molecule has 1 saturated carbocycles. The van der Waals surface area contributed by atoms with E-state index in [1.807, 2.05) is 0 Å². The van der Waals surface area contributed by atoms with E-state index >= 15 is 0 Å². The molecule has 2 heterocycles. The summed E-state index contributed by atoms with van der Waals surface area (Å²) in [5.74, 6) is 0.731. The van der Waals surface area contributed by atoms with Crippen LogP contribution in [0.3, 0.4) is 0 Å². The molecule has 0 spiro atoms. The van der Waals surface area contributed by atoms with E-state index in [0.717, 1.165) is 10.1 Å². The lowest BCUT2D eigenvalue weighted by Gasteiger charge is -2.09. The fourth-order valence-electron chi connectivity index (χ4n) is 1.70. The van der Waals surface area contributed by atoms with E-state index in [-0.39, 0.29) is 11.2 Å². The summed E-state index contributed by atoms with van der Waals surface area (Å²) in [7, 11) is 0. The number of hydrogen-bond acceptors (Lipinski definition) is 5. The number of carbonyl (C=O) groups is 1. The molecule has 1 aromatic rings. The molecule has 4 nitrogen and oxygen atoms in total.